The first-order valence-corrected chi connectivity index (χ1v) is 7.18. The van der Waals surface area contributed by atoms with Gasteiger partial charge in [-0.25, -0.2) is 14.6 Å². The molecule has 26 heavy (non-hydrogen) atoms. The number of hydrogen-bond donors (Lipinski definition) is 1. The van der Waals surface area contributed by atoms with Gasteiger partial charge in [0.05, 0.1) is 11.1 Å². The highest BCUT2D eigenvalue weighted by molar-refractivity contribution is 5.90. The van der Waals surface area contributed by atoms with E-state index in [0.717, 1.165) is 4.68 Å². The lowest BCUT2D eigenvalue weighted by atomic mass is 10.1. The van der Waals surface area contributed by atoms with Gasteiger partial charge in [0.2, 0.25) is 5.82 Å². The Morgan fingerprint density at radius 2 is 1.50 bits per heavy atom. The Balaban J connectivity index is 2.42. The van der Waals surface area contributed by atoms with Gasteiger partial charge in [0.15, 0.2) is 11.3 Å². The number of nitrogens with zero attached hydrogens (tertiary/aromatic N) is 4. The Kier molecular flexibility index (Phi) is 3.85. The Morgan fingerprint density at radius 3 is 2.00 bits per heavy atom. The average Bonchev–Trinajstić information content (AvgIpc) is 2.81. The van der Waals surface area contributed by atoms with Crippen molar-refractivity contribution >= 4 is 16.9 Å². The van der Waals surface area contributed by atoms with E-state index >= 15 is 0 Å². The smallest absolute Gasteiger partial charge is 0.383 e. The van der Waals surface area contributed by atoms with Crippen LogP contribution in [0.4, 0.5) is 32.2 Å². The van der Waals surface area contributed by atoms with Gasteiger partial charge in [-0.15, -0.1) is 5.10 Å². The first kappa shape index (κ1) is 18.0. The van der Waals surface area contributed by atoms with Gasteiger partial charge in [-0.1, -0.05) is 18.2 Å². The summed E-state index contributed by atoms with van der Waals surface area (Å²) in [5.41, 5.74) is 4.87. The largest absolute Gasteiger partial charge is 0.451 e. The van der Waals surface area contributed by atoms with E-state index in [-0.39, 0.29) is 0 Å². The van der Waals surface area contributed by atoms with Gasteiger partial charge in [0.25, 0.3) is 0 Å². The van der Waals surface area contributed by atoms with Crippen molar-refractivity contribution in [2.45, 2.75) is 26.2 Å². The van der Waals surface area contributed by atoms with Crippen LogP contribution in [0.3, 0.4) is 0 Å². The Hall–Kier alpha value is -2.85. The maximum absolute atomic E-state index is 13.3. The van der Waals surface area contributed by atoms with Crippen LogP contribution in [0.1, 0.15) is 22.6 Å². The van der Waals surface area contributed by atoms with Crippen LogP contribution >= 0.6 is 0 Å². The predicted molar refractivity (Wildman–Crippen MR) is 80.6 cm³/mol. The highest BCUT2D eigenvalue weighted by atomic mass is 19.4. The molecule has 0 atom stereocenters. The van der Waals surface area contributed by atoms with Gasteiger partial charge in [-0.2, -0.15) is 26.3 Å². The lowest BCUT2D eigenvalue weighted by molar-refractivity contribution is -0.151. The summed E-state index contributed by atoms with van der Waals surface area (Å²) in [5, 5.41) is 3.02. The summed E-state index contributed by atoms with van der Waals surface area (Å²) in [6.07, 6.45) is -10.3. The number of aryl methyl sites for hydroxylation is 2. The summed E-state index contributed by atoms with van der Waals surface area (Å²) in [5.74, 6) is -2.41. The standard InChI is InChI=1S/C15H11F6N5/c1-6-4-3-5-7(2)9(6)26-11(22)8-10(14(16,17)18)23-13(15(19,20)21)24-12(8)25-26/h3-5H,22H2,1-2H3. The van der Waals surface area contributed by atoms with E-state index < -0.39 is 40.7 Å². The van der Waals surface area contributed by atoms with Crippen LogP contribution in [0.25, 0.3) is 16.7 Å². The van der Waals surface area contributed by atoms with E-state index in [4.69, 9.17) is 5.73 Å². The van der Waals surface area contributed by atoms with Crippen LogP contribution in [0, 0.1) is 13.8 Å². The fraction of sp³-hybridized carbons (Fsp3) is 0.267. The molecule has 0 radical (unpaired) electrons. The van der Waals surface area contributed by atoms with E-state index in [9.17, 15) is 26.3 Å². The summed E-state index contributed by atoms with van der Waals surface area (Å²) >= 11 is 0. The van der Waals surface area contributed by atoms with Crippen molar-refractivity contribution in [1.29, 1.82) is 0 Å². The third-order valence-electron chi connectivity index (χ3n) is 3.74. The number of para-hydroxylation sites is 1. The summed E-state index contributed by atoms with van der Waals surface area (Å²) in [6.45, 7) is 3.34. The van der Waals surface area contributed by atoms with Gasteiger partial charge >= 0.3 is 12.4 Å². The zero-order valence-electron chi connectivity index (χ0n) is 13.4. The maximum Gasteiger partial charge on any atom is 0.451 e. The molecule has 0 fully saturated rings. The molecule has 11 heteroatoms. The molecule has 0 aliphatic carbocycles. The molecule has 0 saturated carbocycles. The second kappa shape index (κ2) is 5.58. The van der Waals surface area contributed by atoms with Crippen LogP contribution in [-0.2, 0) is 12.4 Å². The number of nitrogen functional groups attached to an aromatic ring is 1. The Morgan fingerprint density at radius 1 is 0.923 bits per heavy atom. The fourth-order valence-electron chi connectivity index (χ4n) is 2.65. The summed E-state index contributed by atoms with van der Waals surface area (Å²) < 4.78 is 79.5. The quantitative estimate of drug-likeness (QED) is 0.652. The number of fused-ring (bicyclic) bond motifs is 1. The van der Waals surface area contributed by atoms with E-state index in [1.807, 2.05) is 0 Å². The molecule has 2 heterocycles. The molecule has 0 aliphatic heterocycles. The van der Waals surface area contributed by atoms with Gasteiger partial charge < -0.3 is 5.73 Å². The van der Waals surface area contributed by atoms with Gasteiger partial charge in [0.1, 0.15) is 5.82 Å². The van der Waals surface area contributed by atoms with Gasteiger partial charge in [-0.05, 0) is 25.0 Å². The molecule has 5 nitrogen and oxygen atoms in total. The molecule has 0 bridgehead atoms. The minimum atomic E-state index is -5.16. The first-order valence-electron chi connectivity index (χ1n) is 7.18. The summed E-state index contributed by atoms with van der Waals surface area (Å²) in [7, 11) is 0. The van der Waals surface area contributed by atoms with Crippen LogP contribution in [-0.4, -0.2) is 19.7 Å². The normalized spacial score (nSPS) is 12.8. The van der Waals surface area contributed by atoms with Crippen molar-refractivity contribution < 1.29 is 26.3 Å². The SMILES string of the molecule is Cc1cccc(C)c1-n1nc2nc(C(F)(F)F)nc(C(F)(F)F)c2c1N. The third kappa shape index (κ3) is 2.82. The third-order valence-corrected chi connectivity index (χ3v) is 3.74. The highest BCUT2D eigenvalue weighted by Gasteiger charge is 2.43. The minimum Gasteiger partial charge on any atom is -0.383 e. The Bertz CT molecular complexity index is 982. The summed E-state index contributed by atoms with van der Waals surface area (Å²) in [4.78, 5) is 5.80. The molecule has 3 aromatic rings. The van der Waals surface area contributed by atoms with Crippen molar-refractivity contribution in [2.75, 3.05) is 5.73 Å². The molecule has 0 saturated heterocycles. The van der Waals surface area contributed by atoms with Crippen molar-refractivity contribution in [3.63, 3.8) is 0 Å². The van der Waals surface area contributed by atoms with Crippen LogP contribution in [0.15, 0.2) is 18.2 Å². The number of anilines is 1. The van der Waals surface area contributed by atoms with E-state index in [1.165, 1.54) is 0 Å². The van der Waals surface area contributed by atoms with E-state index in [0.29, 0.717) is 16.8 Å². The number of hydrogen-bond acceptors (Lipinski definition) is 4. The van der Waals surface area contributed by atoms with Crippen molar-refractivity contribution in [3.05, 3.63) is 40.8 Å². The average molecular weight is 375 g/mol. The number of rotatable bonds is 1. The van der Waals surface area contributed by atoms with Crippen molar-refractivity contribution in [2.24, 2.45) is 0 Å². The molecular formula is C15H11F6N5. The van der Waals surface area contributed by atoms with Crippen molar-refractivity contribution in [1.82, 2.24) is 19.7 Å². The highest BCUT2D eigenvalue weighted by Crippen LogP contribution is 2.39. The zero-order valence-corrected chi connectivity index (χ0v) is 13.4. The first-order chi connectivity index (χ1) is 11.9. The minimum absolute atomic E-state index is 0.365. The molecule has 2 aromatic heterocycles. The second-order valence-electron chi connectivity index (χ2n) is 5.63. The number of alkyl halides is 6. The lowest BCUT2D eigenvalue weighted by Crippen LogP contribution is -2.17. The van der Waals surface area contributed by atoms with Crippen molar-refractivity contribution in [3.8, 4) is 5.69 Å². The molecule has 2 N–H and O–H groups in total. The maximum atomic E-state index is 13.3. The van der Waals surface area contributed by atoms with Gasteiger partial charge in [-0.3, -0.25) is 0 Å². The predicted octanol–water partition coefficient (Wildman–Crippen LogP) is 4.05. The number of aromatic nitrogens is 4. The Labute approximate surface area is 142 Å². The van der Waals surface area contributed by atoms with E-state index in [1.54, 1.807) is 32.0 Å². The van der Waals surface area contributed by atoms with Gasteiger partial charge in [0, 0.05) is 0 Å². The zero-order chi connectivity index (χ0) is 19.4. The molecule has 0 spiro atoms. The fourth-order valence-corrected chi connectivity index (χ4v) is 2.65. The van der Waals surface area contributed by atoms with E-state index in [2.05, 4.69) is 15.1 Å². The van der Waals surface area contributed by atoms with Crippen LogP contribution < -0.4 is 5.73 Å². The monoisotopic (exact) mass is 375 g/mol. The topological polar surface area (TPSA) is 69.6 Å². The molecule has 0 unspecified atom stereocenters. The molecule has 3 rings (SSSR count). The molecule has 138 valence electrons. The molecular weight excluding hydrogens is 364 g/mol. The lowest BCUT2D eigenvalue weighted by Gasteiger charge is -2.12. The second-order valence-corrected chi connectivity index (χ2v) is 5.63. The molecule has 0 amide bonds. The summed E-state index contributed by atoms with van der Waals surface area (Å²) in [6, 6.07) is 5.06. The number of benzene rings is 1. The van der Waals surface area contributed by atoms with Crippen LogP contribution in [0.2, 0.25) is 0 Å². The number of halogens is 6. The number of nitrogens with two attached hydrogens (primary N) is 1. The molecule has 0 aliphatic rings. The van der Waals surface area contributed by atoms with Crippen LogP contribution in [0.5, 0.6) is 0 Å². The molecule has 1 aromatic carbocycles.